The molecule has 3 rings (SSSR count). The molecule has 1 atom stereocenters. The van der Waals surface area contributed by atoms with Gasteiger partial charge in [0, 0.05) is 38.8 Å². The smallest absolute Gasteiger partial charge is 0.223 e. The molecule has 112 valence electrons. The van der Waals surface area contributed by atoms with Gasteiger partial charge in [-0.2, -0.15) is 10.1 Å². The lowest BCUT2D eigenvalue weighted by atomic mass is 10.2. The van der Waals surface area contributed by atoms with Gasteiger partial charge >= 0.3 is 0 Å². The van der Waals surface area contributed by atoms with Crippen LogP contribution in [0.4, 0.5) is 0 Å². The van der Waals surface area contributed by atoms with Crippen molar-refractivity contribution in [3.63, 3.8) is 0 Å². The lowest BCUT2D eigenvalue weighted by molar-refractivity contribution is -0.132. The van der Waals surface area contributed by atoms with Crippen molar-refractivity contribution >= 4 is 5.91 Å². The van der Waals surface area contributed by atoms with Gasteiger partial charge in [0.05, 0.1) is 6.04 Å². The maximum Gasteiger partial charge on any atom is 0.223 e. The van der Waals surface area contributed by atoms with Crippen LogP contribution in [0.2, 0.25) is 0 Å². The summed E-state index contributed by atoms with van der Waals surface area (Å²) in [5.74, 6) is 1.33. The summed E-state index contributed by atoms with van der Waals surface area (Å²) in [5, 5.41) is 8.09. The van der Waals surface area contributed by atoms with Crippen LogP contribution in [-0.4, -0.2) is 37.3 Å². The number of nitrogens with zero attached hydrogens (tertiary/aromatic N) is 5. The van der Waals surface area contributed by atoms with Crippen LogP contribution < -0.4 is 0 Å². The van der Waals surface area contributed by atoms with Gasteiger partial charge in [-0.25, -0.2) is 0 Å². The molecule has 0 aromatic carbocycles. The molecule has 0 saturated carbocycles. The Kier molecular flexibility index (Phi) is 3.98. The van der Waals surface area contributed by atoms with Crippen molar-refractivity contribution in [3.05, 3.63) is 30.2 Å². The molecule has 2 aromatic heterocycles. The van der Waals surface area contributed by atoms with Crippen LogP contribution in [0.15, 0.2) is 23.0 Å². The lowest BCUT2D eigenvalue weighted by Crippen LogP contribution is -2.31. The zero-order valence-corrected chi connectivity index (χ0v) is 12.1. The molecule has 7 heteroatoms. The molecule has 1 saturated heterocycles. The minimum Gasteiger partial charge on any atom is -0.340 e. The van der Waals surface area contributed by atoms with Crippen molar-refractivity contribution in [2.45, 2.75) is 45.2 Å². The predicted octanol–water partition coefficient (Wildman–Crippen LogP) is 1.72. The van der Waals surface area contributed by atoms with E-state index in [2.05, 4.69) is 15.2 Å². The SMILES string of the molecule is Cc1nc([C@@H]2CCCN2C(=O)CCCn2cccn2)no1. The Labute approximate surface area is 122 Å². The largest absolute Gasteiger partial charge is 0.340 e. The fourth-order valence-electron chi connectivity index (χ4n) is 2.75. The van der Waals surface area contributed by atoms with E-state index in [4.69, 9.17) is 4.52 Å². The second-order valence-corrected chi connectivity index (χ2v) is 5.29. The Balaban J connectivity index is 1.55. The van der Waals surface area contributed by atoms with Gasteiger partial charge in [-0.15, -0.1) is 0 Å². The zero-order valence-electron chi connectivity index (χ0n) is 12.1. The summed E-state index contributed by atoms with van der Waals surface area (Å²) in [5.41, 5.74) is 0. The van der Waals surface area contributed by atoms with E-state index in [-0.39, 0.29) is 11.9 Å². The first-order chi connectivity index (χ1) is 10.2. The van der Waals surface area contributed by atoms with E-state index in [1.807, 2.05) is 21.8 Å². The van der Waals surface area contributed by atoms with Gasteiger partial charge in [-0.1, -0.05) is 5.16 Å². The van der Waals surface area contributed by atoms with Gasteiger partial charge in [-0.3, -0.25) is 9.48 Å². The third-order valence-electron chi connectivity index (χ3n) is 3.75. The van der Waals surface area contributed by atoms with Crippen LogP contribution in [0, 0.1) is 6.92 Å². The summed E-state index contributed by atoms with van der Waals surface area (Å²) in [4.78, 5) is 18.5. The Bertz CT molecular complexity index is 592. The highest BCUT2D eigenvalue weighted by Gasteiger charge is 2.32. The molecule has 3 heterocycles. The number of hydrogen-bond acceptors (Lipinski definition) is 5. The summed E-state index contributed by atoms with van der Waals surface area (Å²) in [6.45, 7) is 3.30. The predicted molar refractivity (Wildman–Crippen MR) is 74.2 cm³/mol. The van der Waals surface area contributed by atoms with Gasteiger partial charge in [0.25, 0.3) is 0 Å². The van der Waals surface area contributed by atoms with Crippen LogP contribution >= 0.6 is 0 Å². The molecule has 1 amide bonds. The van der Waals surface area contributed by atoms with Crippen molar-refractivity contribution in [1.82, 2.24) is 24.8 Å². The average molecular weight is 289 g/mol. The summed E-state index contributed by atoms with van der Waals surface area (Å²) < 4.78 is 6.87. The first-order valence-corrected chi connectivity index (χ1v) is 7.31. The molecule has 1 aliphatic heterocycles. The van der Waals surface area contributed by atoms with Crippen LogP contribution in [-0.2, 0) is 11.3 Å². The lowest BCUT2D eigenvalue weighted by Gasteiger charge is -2.22. The van der Waals surface area contributed by atoms with Crippen molar-refractivity contribution in [3.8, 4) is 0 Å². The normalized spacial score (nSPS) is 18.3. The Morgan fingerprint density at radius 3 is 3.14 bits per heavy atom. The molecule has 0 spiro atoms. The monoisotopic (exact) mass is 289 g/mol. The molecule has 0 radical (unpaired) electrons. The quantitative estimate of drug-likeness (QED) is 0.837. The summed E-state index contributed by atoms with van der Waals surface area (Å²) in [6.07, 6.45) is 6.86. The first-order valence-electron chi connectivity index (χ1n) is 7.31. The van der Waals surface area contributed by atoms with Gasteiger partial charge in [0.2, 0.25) is 11.8 Å². The van der Waals surface area contributed by atoms with Crippen LogP contribution in [0.1, 0.15) is 43.4 Å². The van der Waals surface area contributed by atoms with E-state index in [0.717, 1.165) is 32.4 Å². The first kappa shape index (κ1) is 13.8. The number of rotatable bonds is 5. The fourth-order valence-corrected chi connectivity index (χ4v) is 2.75. The molecular weight excluding hydrogens is 270 g/mol. The highest BCUT2D eigenvalue weighted by atomic mass is 16.5. The van der Waals surface area contributed by atoms with Gasteiger partial charge in [-0.05, 0) is 25.3 Å². The molecule has 1 aliphatic rings. The number of likely N-dealkylation sites (tertiary alicyclic amines) is 1. The molecule has 1 fully saturated rings. The van der Waals surface area contributed by atoms with E-state index in [0.29, 0.717) is 18.1 Å². The molecule has 0 bridgehead atoms. The van der Waals surface area contributed by atoms with Crippen molar-refractivity contribution in [1.29, 1.82) is 0 Å². The average Bonchev–Trinajstić information content (AvgIpc) is 3.18. The van der Waals surface area contributed by atoms with Crippen LogP contribution in [0.3, 0.4) is 0 Å². The standard InChI is InChI=1S/C14H19N5O2/c1-11-16-14(17-21-11)12-5-2-10-19(12)13(20)6-3-8-18-9-4-7-15-18/h4,7,9,12H,2-3,5-6,8,10H2,1H3/t12-/m0/s1. The van der Waals surface area contributed by atoms with Gasteiger partial charge in [0.15, 0.2) is 5.82 Å². The van der Waals surface area contributed by atoms with E-state index < -0.39 is 0 Å². The molecule has 0 N–H and O–H groups in total. The maximum atomic E-state index is 12.4. The van der Waals surface area contributed by atoms with E-state index in [1.54, 1.807) is 13.1 Å². The van der Waals surface area contributed by atoms with E-state index >= 15 is 0 Å². The highest BCUT2D eigenvalue weighted by molar-refractivity contribution is 5.76. The highest BCUT2D eigenvalue weighted by Crippen LogP contribution is 2.30. The van der Waals surface area contributed by atoms with Crippen molar-refractivity contribution in [2.75, 3.05) is 6.54 Å². The third-order valence-corrected chi connectivity index (χ3v) is 3.75. The summed E-state index contributed by atoms with van der Waals surface area (Å²) in [6, 6.07) is 1.86. The van der Waals surface area contributed by atoms with E-state index in [9.17, 15) is 4.79 Å². The minimum absolute atomic E-state index is 0.0281. The zero-order chi connectivity index (χ0) is 14.7. The fraction of sp³-hybridized carbons (Fsp3) is 0.571. The minimum atomic E-state index is -0.0281. The second kappa shape index (κ2) is 6.07. The number of aromatic nitrogens is 4. The summed E-state index contributed by atoms with van der Waals surface area (Å²) >= 11 is 0. The Morgan fingerprint density at radius 1 is 1.52 bits per heavy atom. The molecule has 0 aliphatic carbocycles. The maximum absolute atomic E-state index is 12.4. The molecule has 0 unspecified atom stereocenters. The van der Waals surface area contributed by atoms with Crippen molar-refractivity contribution < 1.29 is 9.32 Å². The third kappa shape index (κ3) is 3.12. The topological polar surface area (TPSA) is 77.1 Å². The summed E-state index contributed by atoms with van der Waals surface area (Å²) in [7, 11) is 0. The molecule has 7 nitrogen and oxygen atoms in total. The number of carbonyl (C=O) groups is 1. The van der Waals surface area contributed by atoms with Gasteiger partial charge < -0.3 is 9.42 Å². The van der Waals surface area contributed by atoms with Crippen molar-refractivity contribution in [2.24, 2.45) is 0 Å². The number of amides is 1. The Hall–Kier alpha value is -2.18. The van der Waals surface area contributed by atoms with Crippen LogP contribution in [0.25, 0.3) is 0 Å². The van der Waals surface area contributed by atoms with E-state index in [1.165, 1.54) is 0 Å². The number of carbonyl (C=O) groups excluding carboxylic acids is 1. The van der Waals surface area contributed by atoms with Gasteiger partial charge in [0.1, 0.15) is 0 Å². The number of hydrogen-bond donors (Lipinski definition) is 0. The van der Waals surface area contributed by atoms with Crippen LogP contribution in [0.5, 0.6) is 0 Å². The molecule has 21 heavy (non-hydrogen) atoms. The molecular formula is C14H19N5O2. The molecule has 2 aromatic rings. The second-order valence-electron chi connectivity index (χ2n) is 5.29. The number of aryl methyl sites for hydroxylation is 2. The Morgan fingerprint density at radius 2 is 2.43 bits per heavy atom.